The lowest BCUT2D eigenvalue weighted by atomic mass is 10.1. The molecule has 0 aliphatic heterocycles. The van der Waals surface area contributed by atoms with Crippen molar-refractivity contribution in [1.82, 2.24) is 0 Å². The summed E-state index contributed by atoms with van der Waals surface area (Å²) < 4.78 is 4.77. The fourth-order valence-corrected chi connectivity index (χ4v) is 2.05. The van der Waals surface area contributed by atoms with Crippen molar-refractivity contribution < 1.29 is 14.6 Å². The molecule has 3 nitrogen and oxygen atoms in total. The van der Waals surface area contributed by atoms with Gasteiger partial charge in [-0.1, -0.05) is 54.5 Å². The summed E-state index contributed by atoms with van der Waals surface area (Å²) >= 11 is 3.42. The molecule has 0 bridgehead atoms. The second kappa shape index (κ2) is 14.0. The Balaban J connectivity index is 3.05. The molecule has 0 radical (unpaired) electrons. The molecule has 0 amide bonds. The molecule has 0 aromatic rings. The van der Waals surface area contributed by atoms with Crippen LogP contribution in [0.1, 0.15) is 57.8 Å². The maximum absolute atomic E-state index is 11.1. The number of esters is 1. The van der Waals surface area contributed by atoms with Gasteiger partial charge in [0.1, 0.15) is 6.61 Å². The summed E-state index contributed by atoms with van der Waals surface area (Å²) in [5, 5.41) is 9.58. The number of halogens is 1. The van der Waals surface area contributed by atoms with Crippen LogP contribution in [-0.4, -0.2) is 29.6 Å². The Hall–Kier alpha value is -0.0900. The van der Waals surface area contributed by atoms with Crippen LogP contribution in [-0.2, 0) is 9.53 Å². The highest BCUT2D eigenvalue weighted by Gasteiger charge is 2.01. The number of rotatable bonds is 12. The van der Waals surface area contributed by atoms with Gasteiger partial charge in [-0.25, -0.2) is 0 Å². The second-order valence-electron chi connectivity index (χ2n) is 4.21. The molecular formula is C13H25BrO3. The minimum atomic E-state index is -0.184. The summed E-state index contributed by atoms with van der Waals surface area (Å²) in [6.45, 7) is 0.0482. The van der Waals surface area contributed by atoms with Crippen molar-refractivity contribution in [2.75, 3.05) is 18.5 Å². The van der Waals surface area contributed by atoms with Gasteiger partial charge in [-0.2, -0.15) is 0 Å². The van der Waals surface area contributed by atoms with Gasteiger partial charge in [-0.3, -0.25) is 4.79 Å². The Labute approximate surface area is 113 Å². The van der Waals surface area contributed by atoms with Crippen LogP contribution < -0.4 is 0 Å². The average Bonchev–Trinajstić information content (AvgIpc) is 2.34. The van der Waals surface area contributed by atoms with Crippen molar-refractivity contribution in [3.63, 3.8) is 0 Å². The van der Waals surface area contributed by atoms with E-state index in [1.807, 2.05) is 0 Å². The molecule has 0 aromatic heterocycles. The zero-order valence-electron chi connectivity index (χ0n) is 10.6. The van der Waals surface area contributed by atoms with Gasteiger partial charge in [0.25, 0.3) is 0 Å². The van der Waals surface area contributed by atoms with E-state index in [1.165, 1.54) is 38.5 Å². The molecule has 1 N–H and O–H groups in total. The normalized spacial score (nSPS) is 10.5. The zero-order valence-corrected chi connectivity index (χ0v) is 12.2. The minimum Gasteiger partial charge on any atom is -0.463 e. The standard InChI is InChI=1S/C13H25BrO3/c14-10-8-6-4-2-1-3-5-7-9-13(16)17-12-11-15/h15H,1-12H2. The highest BCUT2D eigenvalue weighted by Crippen LogP contribution is 2.10. The number of carbonyl (C=O) groups excluding carboxylic acids is 1. The van der Waals surface area contributed by atoms with Gasteiger partial charge in [-0.05, 0) is 12.8 Å². The fourth-order valence-electron chi connectivity index (χ4n) is 1.66. The SMILES string of the molecule is O=C(CCCCCCCCCCBr)OCCO. The molecule has 4 heteroatoms. The molecule has 102 valence electrons. The van der Waals surface area contributed by atoms with E-state index >= 15 is 0 Å². The van der Waals surface area contributed by atoms with Gasteiger partial charge >= 0.3 is 5.97 Å². The number of hydrogen-bond acceptors (Lipinski definition) is 3. The van der Waals surface area contributed by atoms with Crippen molar-refractivity contribution in [2.45, 2.75) is 57.8 Å². The van der Waals surface area contributed by atoms with Crippen LogP contribution in [0, 0.1) is 0 Å². The molecule has 0 saturated heterocycles. The van der Waals surface area contributed by atoms with Crippen LogP contribution in [0.3, 0.4) is 0 Å². The topological polar surface area (TPSA) is 46.5 Å². The zero-order chi connectivity index (χ0) is 12.8. The highest BCUT2D eigenvalue weighted by molar-refractivity contribution is 9.09. The Morgan fingerprint density at radius 2 is 1.47 bits per heavy atom. The van der Waals surface area contributed by atoms with Crippen LogP contribution in [0.5, 0.6) is 0 Å². The third-order valence-corrected chi connectivity index (χ3v) is 3.18. The first-order valence-corrected chi connectivity index (χ1v) is 7.76. The van der Waals surface area contributed by atoms with E-state index in [4.69, 9.17) is 9.84 Å². The summed E-state index contributed by atoms with van der Waals surface area (Å²) in [4.78, 5) is 11.1. The van der Waals surface area contributed by atoms with Crippen molar-refractivity contribution in [2.24, 2.45) is 0 Å². The smallest absolute Gasteiger partial charge is 0.305 e. The number of alkyl halides is 1. The van der Waals surface area contributed by atoms with Crippen LogP contribution in [0.25, 0.3) is 0 Å². The van der Waals surface area contributed by atoms with E-state index in [2.05, 4.69) is 15.9 Å². The maximum atomic E-state index is 11.1. The lowest BCUT2D eigenvalue weighted by Crippen LogP contribution is -2.07. The fraction of sp³-hybridized carbons (Fsp3) is 0.923. The quantitative estimate of drug-likeness (QED) is 0.341. The van der Waals surface area contributed by atoms with Crippen LogP contribution in [0.4, 0.5) is 0 Å². The Morgan fingerprint density at radius 3 is 2.00 bits per heavy atom. The van der Waals surface area contributed by atoms with Crippen LogP contribution in [0.15, 0.2) is 0 Å². The van der Waals surface area contributed by atoms with E-state index in [0.717, 1.165) is 18.2 Å². The number of carbonyl (C=O) groups is 1. The first-order valence-electron chi connectivity index (χ1n) is 6.63. The lowest BCUT2D eigenvalue weighted by Gasteiger charge is -2.03. The van der Waals surface area contributed by atoms with E-state index in [-0.39, 0.29) is 19.2 Å². The summed E-state index contributed by atoms with van der Waals surface area (Å²) in [5.41, 5.74) is 0. The molecule has 0 unspecified atom stereocenters. The largest absolute Gasteiger partial charge is 0.463 e. The molecule has 17 heavy (non-hydrogen) atoms. The molecule has 0 saturated carbocycles. The third-order valence-electron chi connectivity index (χ3n) is 2.62. The lowest BCUT2D eigenvalue weighted by molar-refractivity contribution is -0.144. The van der Waals surface area contributed by atoms with Crippen molar-refractivity contribution in [1.29, 1.82) is 0 Å². The monoisotopic (exact) mass is 308 g/mol. The predicted molar refractivity (Wildman–Crippen MR) is 73.4 cm³/mol. The minimum absolute atomic E-state index is 0.0832. The molecular weight excluding hydrogens is 284 g/mol. The van der Waals surface area contributed by atoms with Gasteiger partial charge in [-0.15, -0.1) is 0 Å². The first kappa shape index (κ1) is 16.9. The Kier molecular flexibility index (Phi) is 13.9. The van der Waals surface area contributed by atoms with Crippen LogP contribution >= 0.6 is 15.9 Å². The average molecular weight is 309 g/mol. The molecule has 0 spiro atoms. The van der Waals surface area contributed by atoms with E-state index in [1.54, 1.807) is 0 Å². The number of ether oxygens (including phenoxy) is 1. The maximum Gasteiger partial charge on any atom is 0.305 e. The van der Waals surface area contributed by atoms with Gasteiger partial charge in [0.05, 0.1) is 6.61 Å². The van der Waals surface area contributed by atoms with E-state index < -0.39 is 0 Å². The van der Waals surface area contributed by atoms with E-state index in [9.17, 15) is 4.79 Å². The third kappa shape index (κ3) is 13.8. The van der Waals surface area contributed by atoms with Gasteiger partial charge in [0.2, 0.25) is 0 Å². The molecule has 0 aliphatic carbocycles. The summed E-state index contributed by atoms with van der Waals surface area (Å²) in [6, 6.07) is 0. The summed E-state index contributed by atoms with van der Waals surface area (Å²) in [7, 11) is 0. The molecule has 0 fully saturated rings. The number of hydrogen-bond donors (Lipinski definition) is 1. The Morgan fingerprint density at radius 1 is 0.941 bits per heavy atom. The van der Waals surface area contributed by atoms with E-state index in [0.29, 0.717) is 6.42 Å². The van der Waals surface area contributed by atoms with Crippen molar-refractivity contribution >= 4 is 21.9 Å². The molecule has 0 atom stereocenters. The van der Waals surface area contributed by atoms with Gasteiger partial charge in [0, 0.05) is 11.8 Å². The molecule has 0 aliphatic rings. The molecule has 0 heterocycles. The van der Waals surface area contributed by atoms with Crippen molar-refractivity contribution in [3.05, 3.63) is 0 Å². The number of aliphatic hydroxyl groups is 1. The number of aliphatic hydroxyl groups excluding tert-OH is 1. The van der Waals surface area contributed by atoms with Crippen LogP contribution in [0.2, 0.25) is 0 Å². The number of unbranched alkanes of at least 4 members (excludes halogenated alkanes) is 7. The van der Waals surface area contributed by atoms with Gasteiger partial charge in [0.15, 0.2) is 0 Å². The Bertz CT molecular complexity index is 174. The summed E-state index contributed by atoms with van der Waals surface area (Å²) in [6.07, 6.45) is 10.2. The molecule has 0 rings (SSSR count). The van der Waals surface area contributed by atoms with Gasteiger partial charge < -0.3 is 9.84 Å². The highest BCUT2D eigenvalue weighted by atomic mass is 79.9. The second-order valence-corrected chi connectivity index (χ2v) is 5.00. The predicted octanol–water partition coefficient (Wildman–Crippen LogP) is 3.43. The van der Waals surface area contributed by atoms with Crippen molar-refractivity contribution in [3.8, 4) is 0 Å². The first-order chi connectivity index (χ1) is 8.31. The summed E-state index contributed by atoms with van der Waals surface area (Å²) in [5.74, 6) is -0.184. The molecule has 0 aromatic carbocycles.